The molecule has 14 heavy (non-hydrogen) atoms. The van der Waals surface area contributed by atoms with Gasteiger partial charge in [-0.3, -0.25) is 9.00 Å². The van der Waals surface area contributed by atoms with Crippen molar-refractivity contribution in [3.05, 3.63) is 0 Å². The van der Waals surface area contributed by atoms with Crippen molar-refractivity contribution in [3.8, 4) is 0 Å². The Labute approximate surface area is 87.9 Å². The van der Waals surface area contributed by atoms with Crippen LogP contribution in [0.2, 0.25) is 0 Å². The highest BCUT2D eigenvalue weighted by atomic mass is 32.2. The summed E-state index contributed by atoms with van der Waals surface area (Å²) in [5.74, 6) is 0.386. The van der Waals surface area contributed by atoms with Crippen molar-refractivity contribution in [1.82, 2.24) is 5.32 Å². The van der Waals surface area contributed by atoms with E-state index in [2.05, 4.69) is 10.1 Å². The smallest absolute Gasteiger partial charge is 0.322 e. The number of carbonyl (C=O) groups excluding carboxylic acids is 1. The molecule has 1 N–H and O–H groups in total. The third-order valence-corrected chi connectivity index (χ3v) is 2.74. The predicted molar refractivity (Wildman–Crippen MR) is 57.6 cm³/mol. The maximum absolute atomic E-state index is 11.0. The molecule has 0 aliphatic heterocycles. The van der Waals surface area contributed by atoms with Gasteiger partial charge in [-0.2, -0.15) is 0 Å². The fourth-order valence-electron chi connectivity index (χ4n) is 1.10. The Morgan fingerprint density at radius 3 is 2.50 bits per heavy atom. The summed E-state index contributed by atoms with van der Waals surface area (Å²) in [5.41, 5.74) is 0. The van der Waals surface area contributed by atoms with Gasteiger partial charge < -0.3 is 10.1 Å². The molecule has 3 unspecified atom stereocenters. The van der Waals surface area contributed by atoms with E-state index < -0.39 is 10.8 Å². The van der Waals surface area contributed by atoms with Crippen molar-refractivity contribution in [1.29, 1.82) is 0 Å². The Kier molecular flexibility index (Phi) is 6.74. The first-order valence-corrected chi connectivity index (χ1v) is 6.34. The number of rotatable bonds is 6. The molecule has 0 aliphatic rings. The molecule has 84 valence electrons. The second-order valence-electron chi connectivity index (χ2n) is 3.38. The molecule has 0 rings (SSSR count). The van der Waals surface area contributed by atoms with Gasteiger partial charge in [-0.05, 0) is 20.3 Å². The molecule has 5 heteroatoms. The molecule has 0 heterocycles. The van der Waals surface area contributed by atoms with Crippen LogP contribution in [0.1, 0.15) is 20.3 Å². The van der Waals surface area contributed by atoms with Crippen LogP contribution < -0.4 is 5.32 Å². The van der Waals surface area contributed by atoms with Crippen molar-refractivity contribution in [2.24, 2.45) is 0 Å². The first kappa shape index (κ1) is 13.6. The maximum atomic E-state index is 11.0. The molecule has 0 fully saturated rings. The molecule has 0 aliphatic carbocycles. The quantitative estimate of drug-likeness (QED) is 0.655. The van der Waals surface area contributed by atoms with Gasteiger partial charge in [-0.25, -0.2) is 0 Å². The fraction of sp³-hybridized carbons (Fsp3) is 0.889. The van der Waals surface area contributed by atoms with E-state index in [9.17, 15) is 9.00 Å². The summed E-state index contributed by atoms with van der Waals surface area (Å²) in [7, 11) is 0.598. The lowest BCUT2D eigenvalue weighted by Gasteiger charge is -2.17. The molecular weight excluding hydrogens is 202 g/mol. The molecular formula is C9H19NO3S. The van der Waals surface area contributed by atoms with Gasteiger partial charge >= 0.3 is 5.97 Å². The summed E-state index contributed by atoms with van der Waals surface area (Å²) in [6, 6.07) is -0.131. The van der Waals surface area contributed by atoms with Crippen LogP contribution in [0.3, 0.4) is 0 Å². The van der Waals surface area contributed by atoms with Gasteiger partial charge in [0.15, 0.2) is 0 Å². The molecule has 0 spiro atoms. The number of hydrogen-bond donors (Lipinski definition) is 1. The van der Waals surface area contributed by atoms with Gasteiger partial charge in [0.2, 0.25) is 0 Å². The molecule has 3 atom stereocenters. The van der Waals surface area contributed by atoms with Gasteiger partial charge in [0.1, 0.15) is 6.04 Å². The van der Waals surface area contributed by atoms with Crippen LogP contribution in [0.15, 0.2) is 0 Å². The average Bonchev–Trinajstić information content (AvgIpc) is 2.13. The summed E-state index contributed by atoms with van der Waals surface area (Å²) in [5, 5.41) is 3.08. The van der Waals surface area contributed by atoms with Crippen LogP contribution in [-0.2, 0) is 20.3 Å². The van der Waals surface area contributed by atoms with Crippen LogP contribution in [-0.4, -0.2) is 41.4 Å². The highest BCUT2D eigenvalue weighted by Crippen LogP contribution is 1.96. The lowest BCUT2D eigenvalue weighted by molar-refractivity contribution is -0.142. The van der Waals surface area contributed by atoms with Gasteiger partial charge in [-0.15, -0.1) is 0 Å². The first-order chi connectivity index (χ1) is 6.47. The molecule has 0 aromatic rings. The standard InChI is InChI=1S/C9H19NO3S/c1-7(5-6-14(4)12)10-8(2)9(11)13-3/h7-8,10H,5-6H2,1-4H3. The largest absolute Gasteiger partial charge is 0.468 e. The monoisotopic (exact) mass is 221 g/mol. The zero-order valence-electron chi connectivity index (χ0n) is 9.20. The van der Waals surface area contributed by atoms with Crippen LogP contribution in [0, 0.1) is 0 Å². The first-order valence-electron chi connectivity index (χ1n) is 4.61. The van der Waals surface area contributed by atoms with Gasteiger partial charge in [0, 0.05) is 28.9 Å². The molecule has 0 bridgehead atoms. The molecule has 4 nitrogen and oxygen atoms in total. The van der Waals surface area contributed by atoms with E-state index in [0.29, 0.717) is 5.75 Å². The van der Waals surface area contributed by atoms with E-state index >= 15 is 0 Å². The van der Waals surface area contributed by atoms with Crippen molar-refractivity contribution >= 4 is 16.8 Å². The second kappa shape index (κ2) is 6.95. The third kappa shape index (κ3) is 6.10. The Hall–Kier alpha value is -0.420. The molecule has 0 aromatic carbocycles. The van der Waals surface area contributed by atoms with Crippen molar-refractivity contribution in [3.63, 3.8) is 0 Å². The topological polar surface area (TPSA) is 55.4 Å². The highest BCUT2D eigenvalue weighted by molar-refractivity contribution is 7.84. The summed E-state index contributed by atoms with van der Waals surface area (Å²) in [6.07, 6.45) is 2.47. The molecule has 0 radical (unpaired) electrons. The Balaban J connectivity index is 3.76. The summed E-state index contributed by atoms with van der Waals surface area (Å²) in [4.78, 5) is 11.0. The highest BCUT2D eigenvalue weighted by Gasteiger charge is 2.15. The third-order valence-electron chi connectivity index (χ3n) is 1.93. The molecule has 0 saturated carbocycles. The van der Waals surface area contributed by atoms with Crippen LogP contribution in [0.5, 0.6) is 0 Å². The van der Waals surface area contributed by atoms with E-state index in [1.807, 2.05) is 6.92 Å². The van der Waals surface area contributed by atoms with E-state index in [0.717, 1.165) is 6.42 Å². The Morgan fingerprint density at radius 1 is 1.50 bits per heavy atom. The molecule has 0 amide bonds. The minimum Gasteiger partial charge on any atom is -0.468 e. The lowest BCUT2D eigenvalue weighted by Crippen LogP contribution is -2.41. The van der Waals surface area contributed by atoms with Gasteiger partial charge in [0.05, 0.1) is 7.11 Å². The fourth-order valence-corrected chi connectivity index (χ4v) is 1.78. The maximum Gasteiger partial charge on any atom is 0.322 e. The minimum absolute atomic E-state index is 0.174. The zero-order valence-corrected chi connectivity index (χ0v) is 10.0. The minimum atomic E-state index is -0.770. The van der Waals surface area contributed by atoms with E-state index in [4.69, 9.17) is 0 Å². The average molecular weight is 221 g/mol. The van der Waals surface area contributed by atoms with Crippen LogP contribution in [0.4, 0.5) is 0 Å². The van der Waals surface area contributed by atoms with Crippen molar-refractivity contribution < 1.29 is 13.7 Å². The van der Waals surface area contributed by atoms with E-state index in [-0.39, 0.29) is 18.1 Å². The molecule has 0 saturated heterocycles. The van der Waals surface area contributed by atoms with Crippen molar-refractivity contribution in [2.45, 2.75) is 32.4 Å². The number of hydrogen-bond acceptors (Lipinski definition) is 4. The normalized spacial score (nSPS) is 17.1. The SMILES string of the molecule is COC(=O)C(C)NC(C)CCS(C)=O. The predicted octanol–water partition coefficient (Wildman–Crippen LogP) is 0.295. The summed E-state index contributed by atoms with van der Waals surface area (Å²) < 4.78 is 15.4. The summed E-state index contributed by atoms with van der Waals surface area (Å²) in [6.45, 7) is 3.72. The Bertz CT molecular complexity index is 208. The van der Waals surface area contributed by atoms with Gasteiger partial charge in [0.25, 0.3) is 0 Å². The number of nitrogens with one attached hydrogen (secondary N) is 1. The van der Waals surface area contributed by atoms with Crippen LogP contribution in [0.25, 0.3) is 0 Å². The number of methoxy groups -OCH3 is 1. The van der Waals surface area contributed by atoms with E-state index in [1.54, 1.807) is 13.2 Å². The second-order valence-corrected chi connectivity index (χ2v) is 4.93. The summed E-state index contributed by atoms with van der Waals surface area (Å²) >= 11 is 0. The Morgan fingerprint density at radius 2 is 2.07 bits per heavy atom. The zero-order chi connectivity index (χ0) is 11.1. The lowest BCUT2D eigenvalue weighted by atomic mass is 10.2. The van der Waals surface area contributed by atoms with Crippen molar-refractivity contribution in [2.75, 3.05) is 19.1 Å². The van der Waals surface area contributed by atoms with Crippen LogP contribution >= 0.6 is 0 Å². The molecule has 0 aromatic heterocycles. The number of esters is 1. The number of ether oxygens (including phenoxy) is 1. The van der Waals surface area contributed by atoms with E-state index in [1.165, 1.54) is 7.11 Å². The van der Waals surface area contributed by atoms with Gasteiger partial charge in [-0.1, -0.05) is 0 Å². The number of carbonyl (C=O) groups is 1.